The van der Waals surface area contributed by atoms with Crippen LogP contribution in [-0.2, 0) is 11.2 Å². The number of nitrogens with one attached hydrogen (secondary N) is 3. The van der Waals surface area contributed by atoms with Crippen LogP contribution < -0.4 is 10.6 Å². The second-order valence-corrected chi connectivity index (χ2v) is 6.63. The molecule has 4 heteroatoms. The lowest BCUT2D eigenvalue weighted by Crippen LogP contribution is -2.50. The number of rotatable bonds is 3. The lowest BCUT2D eigenvalue weighted by atomic mass is 9.73. The highest BCUT2D eigenvalue weighted by Gasteiger charge is 2.38. The molecule has 0 bridgehead atoms. The predicted molar refractivity (Wildman–Crippen MR) is 87.9 cm³/mol. The van der Waals surface area contributed by atoms with Crippen molar-refractivity contribution < 1.29 is 4.79 Å². The molecule has 1 aromatic carbocycles. The van der Waals surface area contributed by atoms with Crippen molar-refractivity contribution in [2.45, 2.75) is 38.1 Å². The molecule has 3 atom stereocenters. The third-order valence-corrected chi connectivity index (χ3v) is 5.23. The molecule has 0 radical (unpaired) electrons. The van der Waals surface area contributed by atoms with Gasteiger partial charge in [0.05, 0.1) is 5.92 Å². The Labute approximate surface area is 130 Å². The molecule has 22 heavy (non-hydrogen) atoms. The Morgan fingerprint density at radius 2 is 2.32 bits per heavy atom. The number of aromatic nitrogens is 1. The van der Waals surface area contributed by atoms with Crippen molar-refractivity contribution in [1.82, 2.24) is 15.6 Å². The summed E-state index contributed by atoms with van der Waals surface area (Å²) in [5, 5.41) is 8.07. The van der Waals surface area contributed by atoms with Gasteiger partial charge < -0.3 is 15.6 Å². The first kappa shape index (κ1) is 13.8. The van der Waals surface area contributed by atoms with Crippen LogP contribution in [0.15, 0.2) is 24.4 Å². The van der Waals surface area contributed by atoms with Gasteiger partial charge in [-0.15, -0.1) is 0 Å². The van der Waals surface area contributed by atoms with Gasteiger partial charge in [0.2, 0.25) is 5.91 Å². The largest absolute Gasteiger partial charge is 0.361 e. The average Bonchev–Trinajstić information content (AvgIpc) is 2.97. The Morgan fingerprint density at radius 1 is 1.41 bits per heavy atom. The standard InChI is InChI=1S/C18H23N3O/c1-2-6-19-18(22)12-7-14-13-4-3-5-15-17(13)11(9-20-15)8-16(14)21-10-12/h3-5,9,12,14,16,20-21H,2,6-8,10H2,1H3,(H,19,22)/t12?,14?,16-/m1/s1. The molecule has 1 fully saturated rings. The van der Waals surface area contributed by atoms with Crippen molar-refractivity contribution in [2.75, 3.05) is 13.1 Å². The van der Waals surface area contributed by atoms with Crippen LogP contribution in [0.4, 0.5) is 0 Å². The van der Waals surface area contributed by atoms with Crippen molar-refractivity contribution in [3.63, 3.8) is 0 Å². The molecule has 2 unspecified atom stereocenters. The number of fused-ring (bicyclic) bond motifs is 2. The Bertz CT molecular complexity index is 705. The van der Waals surface area contributed by atoms with Crippen molar-refractivity contribution in [3.8, 4) is 0 Å². The zero-order valence-electron chi connectivity index (χ0n) is 13.0. The van der Waals surface area contributed by atoms with Crippen LogP contribution in [0.1, 0.15) is 36.8 Å². The van der Waals surface area contributed by atoms with Gasteiger partial charge in [-0.3, -0.25) is 4.79 Å². The van der Waals surface area contributed by atoms with Gasteiger partial charge in [0.25, 0.3) is 0 Å². The average molecular weight is 297 g/mol. The van der Waals surface area contributed by atoms with Gasteiger partial charge in [-0.1, -0.05) is 19.1 Å². The normalized spacial score (nSPS) is 26.7. The van der Waals surface area contributed by atoms with Gasteiger partial charge >= 0.3 is 0 Å². The van der Waals surface area contributed by atoms with E-state index in [4.69, 9.17) is 0 Å². The summed E-state index contributed by atoms with van der Waals surface area (Å²) in [7, 11) is 0. The molecule has 0 spiro atoms. The van der Waals surface area contributed by atoms with Gasteiger partial charge in [-0.2, -0.15) is 0 Å². The van der Waals surface area contributed by atoms with Gasteiger partial charge in [0, 0.05) is 42.1 Å². The Hall–Kier alpha value is -1.81. The zero-order chi connectivity index (χ0) is 15.1. The van der Waals surface area contributed by atoms with E-state index in [2.05, 4.69) is 46.9 Å². The van der Waals surface area contributed by atoms with Crippen LogP contribution in [0.3, 0.4) is 0 Å². The molecule has 3 N–H and O–H groups in total. The van der Waals surface area contributed by atoms with E-state index in [-0.39, 0.29) is 11.8 Å². The number of H-pyrrole nitrogens is 1. The van der Waals surface area contributed by atoms with E-state index in [1.807, 2.05) is 0 Å². The number of piperidine rings is 1. The minimum atomic E-state index is 0.0866. The van der Waals surface area contributed by atoms with Gasteiger partial charge in [-0.25, -0.2) is 0 Å². The van der Waals surface area contributed by atoms with E-state index in [0.717, 1.165) is 32.4 Å². The number of carbonyl (C=O) groups excluding carboxylic acids is 1. The van der Waals surface area contributed by atoms with Crippen molar-refractivity contribution in [2.24, 2.45) is 5.92 Å². The monoisotopic (exact) mass is 297 g/mol. The first-order chi connectivity index (χ1) is 10.8. The number of amides is 1. The molecule has 4 rings (SSSR count). The minimum absolute atomic E-state index is 0.0866. The molecule has 2 aliphatic rings. The van der Waals surface area contributed by atoms with Crippen LogP contribution >= 0.6 is 0 Å². The van der Waals surface area contributed by atoms with E-state index >= 15 is 0 Å². The fraction of sp³-hybridized carbons (Fsp3) is 0.500. The summed E-state index contributed by atoms with van der Waals surface area (Å²) in [6.45, 7) is 3.66. The highest BCUT2D eigenvalue weighted by atomic mass is 16.1. The quantitative estimate of drug-likeness (QED) is 0.814. The molecule has 1 saturated heterocycles. The maximum atomic E-state index is 12.3. The number of benzene rings is 1. The van der Waals surface area contributed by atoms with Crippen LogP contribution in [0.25, 0.3) is 10.9 Å². The smallest absolute Gasteiger partial charge is 0.224 e. The van der Waals surface area contributed by atoms with Gasteiger partial charge in [0.15, 0.2) is 0 Å². The number of carbonyl (C=O) groups is 1. The van der Waals surface area contributed by atoms with Crippen molar-refractivity contribution >= 4 is 16.8 Å². The number of hydrogen-bond donors (Lipinski definition) is 3. The SMILES string of the molecule is CCCNC(=O)C1CN[C@@H]2Cc3c[nH]c4cccc(c34)C2C1. The van der Waals surface area contributed by atoms with Crippen molar-refractivity contribution in [3.05, 3.63) is 35.5 Å². The highest BCUT2D eigenvalue weighted by molar-refractivity contribution is 5.88. The predicted octanol–water partition coefficient (Wildman–Crippen LogP) is 2.31. The summed E-state index contributed by atoms with van der Waals surface area (Å²) >= 11 is 0. The molecule has 116 valence electrons. The van der Waals surface area contributed by atoms with E-state index in [1.165, 1.54) is 22.0 Å². The molecule has 1 aromatic heterocycles. The summed E-state index contributed by atoms with van der Waals surface area (Å²) in [6, 6.07) is 6.97. The second-order valence-electron chi connectivity index (χ2n) is 6.63. The second kappa shape index (κ2) is 5.43. The van der Waals surface area contributed by atoms with Crippen LogP contribution in [0.2, 0.25) is 0 Å². The Kier molecular flexibility index (Phi) is 3.41. The summed E-state index contributed by atoms with van der Waals surface area (Å²) < 4.78 is 0. The van der Waals surface area contributed by atoms with Crippen molar-refractivity contribution in [1.29, 1.82) is 0 Å². The summed E-state index contributed by atoms with van der Waals surface area (Å²) in [6.07, 6.45) is 5.15. The summed E-state index contributed by atoms with van der Waals surface area (Å²) in [5.74, 6) is 0.738. The number of hydrogen-bond acceptors (Lipinski definition) is 2. The molecule has 1 amide bonds. The van der Waals surface area contributed by atoms with E-state index in [9.17, 15) is 4.79 Å². The van der Waals surface area contributed by atoms with E-state index < -0.39 is 0 Å². The topological polar surface area (TPSA) is 56.9 Å². The molecule has 2 aromatic rings. The molecule has 1 aliphatic carbocycles. The molecule has 4 nitrogen and oxygen atoms in total. The maximum Gasteiger partial charge on any atom is 0.224 e. The van der Waals surface area contributed by atoms with Gasteiger partial charge in [-0.05, 0) is 36.5 Å². The maximum absolute atomic E-state index is 12.3. The third kappa shape index (κ3) is 2.13. The summed E-state index contributed by atoms with van der Waals surface area (Å²) in [4.78, 5) is 15.7. The summed E-state index contributed by atoms with van der Waals surface area (Å²) in [5.41, 5.74) is 4.04. The number of aromatic amines is 1. The van der Waals surface area contributed by atoms with E-state index in [1.54, 1.807) is 0 Å². The molecule has 1 aliphatic heterocycles. The molecular formula is C18H23N3O. The first-order valence-electron chi connectivity index (χ1n) is 8.38. The van der Waals surface area contributed by atoms with Crippen LogP contribution in [0.5, 0.6) is 0 Å². The first-order valence-corrected chi connectivity index (χ1v) is 8.38. The molecular weight excluding hydrogens is 274 g/mol. The fourth-order valence-electron chi connectivity index (χ4n) is 4.13. The van der Waals surface area contributed by atoms with Crippen LogP contribution in [-0.4, -0.2) is 30.0 Å². The van der Waals surface area contributed by atoms with Crippen LogP contribution in [0, 0.1) is 5.92 Å². The zero-order valence-corrected chi connectivity index (χ0v) is 13.0. The molecule has 2 heterocycles. The van der Waals surface area contributed by atoms with E-state index in [0.29, 0.717) is 12.0 Å². The Morgan fingerprint density at radius 3 is 3.18 bits per heavy atom. The Balaban J connectivity index is 1.63. The third-order valence-electron chi connectivity index (χ3n) is 5.23. The minimum Gasteiger partial charge on any atom is -0.361 e. The lowest BCUT2D eigenvalue weighted by molar-refractivity contribution is -0.125. The molecule has 0 saturated carbocycles. The fourth-order valence-corrected chi connectivity index (χ4v) is 4.13. The van der Waals surface area contributed by atoms with Gasteiger partial charge in [0.1, 0.15) is 0 Å². The lowest BCUT2D eigenvalue weighted by Gasteiger charge is -2.39. The highest BCUT2D eigenvalue weighted by Crippen LogP contribution is 2.41.